The number of carbonyl (C=O) groups excluding carboxylic acids is 2. The molecular weight excluding hydrogens is 342 g/mol. The van der Waals surface area contributed by atoms with E-state index in [9.17, 15) is 18.0 Å². The van der Waals surface area contributed by atoms with Gasteiger partial charge in [0.1, 0.15) is 22.7 Å². The van der Waals surface area contributed by atoms with E-state index in [1.165, 1.54) is 0 Å². The van der Waals surface area contributed by atoms with Crippen molar-refractivity contribution >= 4 is 22.2 Å². The molecule has 0 radical (unpaired) electrons. The Kier molecular flexibility index (Phi) is 5.01. The number of amides is 1. The van der Waals surface area contributed by atoms with Crippen LogP contribution in [0.5, 0.6) is 0 Å². The molecule has 0 aliphatic heterocycles. The van der Waals surface area contributed by atoms with Crippen molar-refractivity contribution in [3.05, 3.63) is 35.4 Å². The van der Waals surface area contributed by atoms with Crippen LogP contribution in [0.15, 0.2) is 24.3 Å². The molecule has 1 aliphatic rings. The highest BCUT2D eigenvalue weighted by Gasteiger charge is 2.71. The number of carbonyl (C=O) groups is 2. The van der Waals surface area contributed by atoms with Gasteiger partial charge in [-0.15, -0.1) is 0 Å². The maximum absolute atomic E-state index is 12.2. The van der Waals surface area contributed by atoms with Gasteiger partial charge in [0, 0.05) is 12.2 Å². The van der Waals surface area contributed by atoms with Crippen molar-refractivity contribution in [3.8, 4) is 0 Å². The fraction of sp³-hybridized carbons (Fsp3) is 0.556. The minimum absolute atomic E-state index is 0.515. The Balaban J connectivity index is 2.36. The molecule has 1 aliphatic carbocycles. The number of rotatable bonds is 5. The van der Waals surface area contributed by atoms with E-state index in [1.54, 1.807) is 20.8 Å². The van der Waals surface area contributed by atoms with Crippen LogP contribution < -0.4 is 5.32 Å². The summed E-state index contributed by atoms with van der Waals surface area (Å²) in [6.45, 7) is 7.11. The lowest BCUT2D eigenvalue weighted by molar-refractivity contribution is -0.110. The first-order valence-electron chi connectivity index (χ1n) is 8.20. The van der Waals surface area contributed by atoms with Crippen molar-refractivity contribution in [3.63, 3.8) is 0 Å². The SMILES string of the molecule is CCc1ccc(C2C(S(C)(=O)=O)C2(C=O)NC(=O)OC(C)(C)C)cc1. The first-order valence-corrected chi connectivity index (χ1v) is 10.1. The summed E-state index contributed by atoms with van der Waals surface area (Å²) in [5.41, 5.74) is -0.432. The summed E-state index contributed by atoms with van der Waals surface area (Å²) < 4.78 is 29.6. The molecule has 1 aromatic rings. The molecule has 138 valence electrons. The first-order chi connectivity index (χ1) is 11.4. The molecule has 3 atom stereocenters. The summed E-state index contributed by atoms with van der Waals surface area (Å²) in [6, 6.07) is 7.42. The lowest BCUT2D eigenvalue weighted by Crippen LogP contribution is -2.45. The van der Waals surface area contributed by atoms with Crippen LogP contribution in [-0.4, -0.2) is 43.4 Å². The molecule has 0 heterocycles. The molecule has 2 rings (SSSR count). The molecule has 6 nitrogen and oxygen atoms in total. The molecule has 1 aromatic carbocycles. The zero-order valence-corrected chi connectivity index (χ0v) is 16.0. The summed E-state index contributed by atoms with van der Waals surface area (Å²) in [5.74, 6) is -0.626. The molecule has 0 bridgehead atoms. The number of aldehydes is 1. The Morgan fingerprint density at radius 2 is 1.84 bits per heavy atom. The van der Waals surface area contributed by atoms with E-state index in [0.29, 0.717) is 11.8 Å². The third-order valence-electron chi connectivity index (χ3n) is 4.30. The second-order valence-electron chi connectivity index (χ2n) is 7.50. The number of ether oxygens (including phenoxy) is 1. The maximum atomic E-state index is 12.2. The second kappa shape index (κ2) is 6.44. The summed E-state index contributed by atoms with van der Waals surface area (Å²) in [4.78, 5) is 24.0. The predicted octanol–water partition coefficient (Wildman–Crippen LogP) is 2.22. The zero-order chi connectivity index (χ0) is 19.0. The van der Waals surface area contributed by atoms with E-state index >= 15 is 0 Å². The topological polar surface area (TPSA) is 89.5 Å². The number of nitrogens with one attached hydrogen (secondary N) is 1. The number of hydrogen-bond donors (Lipinski definition) is 1. The Morgan fingerprint density at radius 3 is 2.24 bits per heavy atom. The average molecular weight is 367 g/mol. The van der Waals surface area contributed by atoms with E-state index in [-0.39, 0.29) is 0 Å². The first kappa shape index (κ1) is 19.4. The van der Waals surface area contributed by atoms with Gasteiger partial charge in [-0.3, -0.25) is 0 Å². The van der Waals surface area contributed by atoms with E-state index in [1.807, 2.05) is 31.2 Å². The molecule has 0 saturated heterocycles. The molecule has 0 spiro atoms. The van der Waals surface area contributed by atoms with Crippen molar-refractivity contribution in [2.75, 3.05) is 6.26 Å². The molecule has 3 unspecified atom stereocenters. The van der Waals surface area contributed by atoms with Gasteiger partial charge in [0.15, 0.2) is 9.84 Å². The largest absolute Gasteiger partial charge is 0.444 e. The second-order valence-corrected chi connectivity index (χ2v) is 9.67. The Hall–Kier alpha value is -1.89. The smallest absolute Gasteiger partial charge is 0.408 e. The van der Waals surface area contributed by atoms with E-state index < -0.39 is 38.2 Å². The quantitative estimate of drug-likeness (QED) is 0.806. The van der Waals surface area contributed by atoms with Crippen molar-refractivity contribution in [2.24, 2.45) is 0 Å². The number of aryl methyl sites for hydroxylation is 1. The van der Waals surface area contributed by atoms with Gasteiger partial charge in [0.25, 0.3) is 0 Å². The number of benzene rings is 1. The molecule has 1 fully saturated rings. The van der Waals surface area contributed by atoms with Crippen molar-refractivity contribution in [1.29, 1.82) is 0 Å². The molecule has 1 N–H and O–H groups in total. The lowest BCUT2D eigenvalue weighted by atomic mass is 10.0. The van der Waals surface area contributed by atoms with Gasteiger partial charge in [-0.1, -0.05) is 31.2 Å². The molecular formula is C18H25NO5S. The van der Waals surface area contributed by atoms with Crippen molar-refractivity contribution in [1.82, 2.24) is 5.32 Å². The summed E-state index contributed by atoms with van der Waals surface area (Å²) in [7, 11) is -3.55. The van der Waals surface area contributed by atoms with Gasteiger partial charge < -0.3 is 14.8 Å². The van der Waals surface area contributed by atoms with Crippen LogP contribution in [0.3, 0.4) is 0 Å². The molecule has 1 amide bonds. The highest BCUT2D eigenvalue weighted by Crippen LogP contribution is 2.54. The van der Waals surface area contributed by atoms with Crippen molar-refractivity contribution in [2.45, 2.75) is 56.4 Å². The predicted molar refractivity (Wildman–Crippen MR) is 95.4 cm³/mol. The highest BCUT2D eigenvalue weighted by molar-refractivity contribution is 7.91. The fourth-order valence-electron chi connectivity index (χ4n) is 3.19. The van der Waals surface area contributed by atoms with Crippen LogP contribution in [0.25, 0.3) is 0 Å². The monoisotopic (exact) mass is 367 g/mol. The standard InChI is InChI=1S/C18H25NO5S/c1-6-12-7-9-13(10-8-12)14-15(25(5,22)23)18(14,11-20)19-16(21)24-17(2,3)4/h7-11,14-15H,6H2,1-5H3,(H,19,21). The van der Waals surface area contributed by atoms with E-state index in [2.05, 4.69) is 5.32 Å². The third kappa shape index (κ3) is 4.03. The van der Waals surface area contributed by atoms with Gasteiger partial charge >= 0.3 is 6.09 Å². The molecule has 25 heavy (non-hydrogen) atoms. The van der Waals surface area contributed by atoms with Gasteiger partial charge in [0.05, 0.1) is 0 Å². The van der Waals surface area contributed by atoms with Gasteiger partial charge in [-0.2, -0.15) is 0 Å². The van der Waals surface area contributed by atoms with E-state index in [4.69, 9.17) is 4.74 Å². The van der Waals surface area contributed by atoms with Crippen LogP contribution in [0.4, 0.5) is 4.79 Å². The fourth-order valence-corrected chi connectivity index (χ4v) is 4.95. The maximum Gasteiger partial charge on any atom is 0.408 e. The van der Waals surface area contributed by atoms with Gasteiger partial charge in [-0.25, -0.2) is 13.2 Å². The molecule has 0 aromatic heterocycles. The Morgan fingerprint density at radius 1 is 1.28 bits per heavy atom. The summed E-state index contributed by atoms with van der Waals surface area (Å²) >= 11 is 0. The van der Waals surface area contributed by atoms with Crippen LogP contribution in [0.1, 0.15) is 44.7 Å². The Labute approximate surface area is 148 Å². The number of alkyl carbamates (subject to hydrolysis) is 1. The van der Waals surface area contributed by atoms with Crippen LogP contribution in [-0.2, 0) is 25.8 Å². The van der Waals surface area contributed by atoms with Crippen LogP contribution >= 0.6 is 0 Å². The Bertz CT molecular complexity index is 764. The van der Waals surface area contributed by atoms with Crippen molar-refractivity contribution < 1.29 is 22.7 Å². The summed E-state index contributed by atoms with van der Waals surface area (Å²) in [6.07, 6.45) is 1.64. The lowest BCUT2D eigenvalue weighted by Gasteiger charge is -2.22. The number of sulfone groups is 1. The molecule has 1 saturated carbocycles. The van der Waals surface area contributed by atoms with E-state index in [0.717, 1.165) is 18.2 Å². The van der Waals surface area contributed by atoms with Gasteiger partial charge in [0.2, 0.25) is 0 Å². The van der Waals surface area contributed by atoms with Crippen LogP contribution in [0, 0.1) is 0 Å². The highest BCUT2D eigenvalue weighted by atomic mass is 32.2. The minimum atomic E-state index is -3.55. The van der Waals surface area contributed by atoms with Gasteiger partial charge in [-0.05, 0) is 38.3 Å². The number of hydrogen-bond acceptors (Lipinski definition) is 5. The zero-order valence-electron chi connectivity index (χ0n) is 15.2. The minimum Gasteiger partial charge on any atom is -0.444 e. The third-order valence-corrected chi connectivity index (χ3v) is 5.88. The van der Waals surface area contributed by atoms with Crippen LogP contribution in [0.2, 0.25) is 0 Å². The average Bonchev–Trinajstić information content (AvgIpc) is 3.14. The summed E-state index contributed by atoms with van der Waals surface area (Å²) in [5, 5.41) is 1.50. The normalized spacial score (nSPS) is 26.0. The molecule has 7 heteroatoms.